The summed E-state index contributed by atoms with van der Waals surface area (Å²) in [5.41, 5.74) is 1.47. The lowest BCUT2D eigenvalue weighted by Crippen LogP contribution is -2.02. The third-order valence-electron chi connectivity index (χ3n) is 2.56. The first-order chi connectivity index (χ1) is 10.1. The summed E-state index contributed by atoms with van der Waals surface area (Å²) < 4.78 is 28.4. The van der Waals surface area contributed by atoms with Crippen molar-refractivity contribution in [2.45, 2.75) is 11.5 Å². The van der Waals surface area contributed by atoms with E-state index in [0.29, 0.717) is 11.4 Å². The van der Waals surface area contributed by atoms with Gasteiger partial charge < -0.3 is 10.1 Å². The maximum Gasteiger partial charge on any atom is 0.387 e. The molecular formula is C14H11F2N3OS. The molecule has 0 fully saturated rings. The van der Waals surface area contributed by atoms with Crippen LogP contribution in [0.4, 0.5) is 20.2 Å². The van der Waals surface area contributed by atoms with E-state index in [1.807, 2.05) is 12.3 Å². The van der Waals surface area contributed by atoms with Gasteiger partial charge in [0.1, 0.15) is 11.8 Å². The van der Waals surface area contributed by atoms with E-state index in [0.717, 1.165) is 4.90 Å². The largest absolute Gasteiger partial charge is 0.435 e. The van der Waals surface area contributed by atoms with Crippen molar-refractivity contribution in [3.05, 3.63) is 42.2 Å². The van der Waals surface area contributed by atoms with Gasteiger partial charge in [-0.25, -0.2) is 4.98 Å². The van der Waals surface area contributed by atoms with Crippen molar-refractivity contribution in [3.63, 3.8) is 0 Å². The fourth-order valence-electron chi connectivity index (χ4n) is 1.62. The van der Waals surface area contributed by atoms with E-state index in [2.05, 4.69) is 15.0 Å². The average molecular weight is 307 g/mol. The summed E-state index contributed by atoms with van der Waals surface area (Å²) in [6.45, 7) is -2.85. The molecule has 0 aliphatic heterocycles. The zero-order chi connectivity index (χ0) is 15.2. The van der Waals surface area contributed by atoms with Crippen molar-refractivity contribution in [1.82, 2.24) is 4.98 Å². The molecule has 0 radical (unpaired) electrons. The number of alkyl halides is 2. The van der Waals surface area contributed by atoms with Gasteiger partial charge in [-0.2, -0.15) is 14.0 Å². The number of nitrogens with one attached hydrogen (secondary N) is 1. The van der Waals surface area contributed by atoms with Gasteiger partial charge in [-0.05, 0) is 36.6 Å². The number of hydrogen-bond acceptors (Lipinski definition) is 5. The lowest BCUT2D eigenvalue weighted by molar-refractivity contribution is -0.0498. The van der Waals surface area contributed by atoms with E-state index in [1.54, 1.807) is 24.4 Å². The molecule has 0 saturated heterocycles. The van der Waals surface area contributed by atoms with Crippen molar-refractivity contribution in [2.24, 2.45) is 0 Å². The Bertz CT molecular complexity index is 656. The van der Waals surface area contributed by atoms with Crippen molar-refractivity contribution >= 4 is 23.1 Å². The molecule has 0 unspecified atom stereocenters. The van der Waals surface area contributed by atoms with E-state index in [1.165, 1.54) is 23.9 Å². The fraction of sp³-hybridized carbons (Fsp3) is 0.143. The molecule has 0 amide bonds. The Balaban J connectivity index is 2.20. The molecule has 1 aromatic carbocycles. The number of aromatic nitrogens is 1. The number of anilines is 2. The van der Waals surface area contributed by atoms with Crippen molar-refractivity contribution < 1.29 is 13.5 Å². The molecule has 0 spiro atoms. The standard InChI is InChI=1S/C14H11F2N3OS/c1-21-11-6-12(13(7-17)18-8-11)19-9-2-4-10(5-3-9)20-14(15)16/h2-6,8,14,19H,1H3. The van der Waals surface area contributed by atoms with Crippen LogP contribution in [0.25, 0.3) is 0 Å². The number of nitrogens with zero attached hydrogens (tertiary/aromatic N) is 2. The Morgan fingerprint density at radius 3 is 2.62 bits per heavy atom. The maximum absolute atomic E-state index is 12.1. The van der Waals surface area contributed by atoms with Crippen LogP contribution in [0.2, 0.25) is 0 Å². The highest BCUT2D eigenvalue weighted by atomic mass is 32.2. The number of benzene rings is 1. The summed E-state index contributed by atoms with van der Waals surface area (Å²) in [4.78, 5) is 4.96. The molecule has 0 bridgehead atoms. The Morgan fingerprint density at radius 1 is 1.33 bits per heavy atom. The van der Waals surface area contributed by atoms with Crippen LogP contribution < -0.4 is 10.1 Å². The molecule has 7 heteroatoms. The summed E-state index contributed by atoms with van der Waals surface area (Å²) in [5, 5.41) is 12.1. The number of thioether (sulfide) groups is 1. The molecule has 0 saturated carbocycles. The van der Waals surface area contributed by atoms with Gasteiger partial charge in [0, 0.05) is 16.8 Å². The van der Waals surface area contributed by atoms with E-state index >= 15 is 0 Å². The lowest BCUT2D eigenvalue weighted by atomic mass is 10.2. The van der Waals surface area contributed by atoms with Crippen molar-refractivity contribution in [3.8, 4) is 11.8 Å². The summed E-state index contributed by atoms with van der Waals surface area (Å²) >= 11 is 1.51. The summed E-state index contributed by atoms with van der Waals surface area (Å²) in [6, 6.07) is 9.83. The van der Waals surface area contributed by atoms with Crippen LogP contribution in [0.1, 0.15) is 5.69 Å². The minimum atomic E-state index is -2.85. The third kappa shape index (κ3) is 4.07. The van der Waals surface area contributed by atoms with Crippen LogP contribution in [0.15, 0.2) is 41.4 Å². The van der Waals surface area contributed by atoms with Gasteiger partial charge in [-0.15, -0.1) is 11.8 Å². The molecule has 1 aromatic heterocycles. The molecule has 2 rings (SSSR count). The van der Waals surface area contributed by atoms with Crippen molar-refractivity contribution in [1.29, 1.82) is 5.26 Å². The lowest BCUT2D eigenvalue weighted by Gasteiger charge is -2.10. The van der Waals surface area contributed by atoms with Crippen LogP contribution in [-0.4, -0.2) is 17.9 Å². The Hall–Kier alpha value is -2.33. The number of hydrogen-bond donors (Lipinski definition) is 1. The predicted octanol–water partition coefficient (Wildman–Crippen LogP) is 4.02. The monoisotopic (exact) mass is 307 g/mol. The van der Waals surface area contributed by atoms with Crippen molar-refractivity contribution in [2.75, 3.05) is 11.6 Å². The molecule has 21 heavy (non-hydrogen) atoms. The highest BCUT2D eigenvalue weighted by molar-refractivity contribution is 7.98. The molecule has 0 aliphatic carbocycles. The number of rotatable bonds is 5. The topological polar surface area (TPSA) is 57.9 Å². The van der Waals surface area contributed by atoms with E-state index in [-0.39, 0.29) is 11.4 Å². The first kappa shape index (κ1) is 15.1. The predicted molar refractivity (Wildman–Crippen MR) is 77.1 cm³/mol. The van der Waals surface area contributed by atoms with Gasteiger partial charge >= 0.3 is 6.61 Å². The van der Waals surface area contributed by atoms with Gasteiger partial charge in [-0.3, -0.25) is 0 Å². The van der Waals surface area contributed by atoms with E-state index in [4.69, 9.17) is 5.26 Å². The normalized spacial score (nSPS) is 10.2. The molecule has 108 valence electrons. The zero-order valence-electron chi connectivity index (χ0n) is 11.0. The summed E-state index contributed by atoms with van der Waals surface area (Å²) in [5.74, 6) is 0.0760. The van der Waals surface area contributed by atoms with Crippen LogP contribution in [-0.2, 0) is 0 Å². The molecule has 1 heterocycles. The van der Waals surface area contributed by atoms with Gasteiger partial charge in [0.15, 0.2) is 5.69 Å². The SMILES string of the molecule is CSc1cnc(C#N)c(Nc2ccc(OC(F)F)cc2)c1. The minimum absolute atomic E-state index is 0.0760. The van der Waals surface area contributed by atoms with E-state index in [9.17, 15) is 8.78 Å². The highest BCUT2D eigenvalue weighted by Gasteiger charge is 2.07. The Morgan fingerprint density at radius 2 is 2.05 bits per heavy atom. The van der Waals surface area contributed by atoms with Gasteiger partial charge in [0.05, 0.1) is 5.69 Å². The fourth-order valence-corrected chi connectivity index (χ4v) is 2.01. The van der Waals surface area contributed by atoms with Crippen LogP contribution in [0.5, 0.6) is 5.75 Å². The van der Waals surface area contributed by atoms with Gasteiger partial charge in [0.25, 0.3) is 0 Å². The molecule has 2 aromatic rings. The summed E-state index contributed by atoms with van der Waals surface area (Å²) in [6.07, 6.45) is 3.53. The molecule has 0 aliphatic rings. The zero-order valence-corrected chi connectivity index (χ0v) is 11.8. The first-order valence-electron chi connectivity index (χ1n) is 5.88. The second-order valence-corrected chi connectivity index (χ2v) is 4.79. The Labute approximate surface area is 124 Å². The molecular weight excluding hydrogens is 296 g/mol. The van der Waals surface area contributed by atoms with Crippen LogP contribution >= 0.6 is 11.8 Å². The first-order valence-corrected chi connectivity index (χ1v) is 7.11. The van der Waals surface area contributed by atoms with Crippen LogP contribution in [0, 0.1) is 11.3 Å². The molecule has 0 atom stereocenters. The second kappa shape index (κ2) is 6.90. The van der Waals surface area contributed by atoms with Gasteiger partial charge in [-0.1, -0.05) is 0 Å². The maximum atomic E-state index is 12.1. The Kier molecular flexibility index (Phi) is 4.95. The molecule has 1 N–H and O–H groups in total. The average Bonchev–Trinajstić information content (AvgIpc) is 2.48. The van der Waals surface area contributed by atoms with Crippen LogP contribution in [0.3, 0.4) is 0 Å². The summed E-state index contributed by atoms with van der Waals surface area (Å²) in [7, 11) is 0. The molecule has 4 nitrogen and oxygen atoms in total. The smallest absolute Gasteiger partial charge is 0.387 e. The third-order valence-corrected chi connectivity index (χ3v) is 3.26. The number of ether oxygens (including phenoxy) is 1. The number of pyridine rings is 1. The quantitative estimate of drug-likeness (QED) is 0.845. The minimum Gasteiger partial charge on any atom is -0.435 e. The van der Waals surface area contributed by atoms with E-state index < -0.39 is 6.61 Å². The number of nitriles is 1. The highest BCUT2D eigenvalue weighted by Crippen LogP contribution is 2.25. The second-order valence-electron chi connectivity index (χ2n) is 3.91. The van der Waals surface area contributed by atoms with Gasteiger partial charge in [0.2, 0.25) is 0 Å². The number of halogens is 2.